The molecule has 0 unspecified atom stereocenters. The summed E-state index contributed by atoms with van der Waals surface area (Å²) in [5.41, 5.74) is 5.41. The molecule has 0 aromatic heterocycles. The third-order valence-corrected chi connectivity index (χ3v) is 27.1. The summed E-state index contributed by atoms with van der Waals surface area (Å²) in [6.07, 6.45) is 14.0. The Balaban J connectivity index is 1.30. The molecule has 0 N–H and O–H groups in total. The molecule has 0 aliphatic heterocycles. The Labute approximate surface area is 326 Å². The maximum absolute atomic E-state index is 12.8. The summed E-state index contributed by atoms with van der Waals surface area (Å²) in [5.74, 6) is 8.16. The molecular formula is C46H70O4Si3. The normalized spacial score (nSPS) is 12.5. The summed E-state index contributed by atoms with van der Waals surface area (Å²) in [5, 5.41) is 0. The maximum Gasteiger partial charge on any atom is 0.343 e. The predicted octanol–water partition coefficient (Wildman–Crippen LogP) is 13.6. The Morgan fingerprint density at radius 2 is 1.13 bits per heavy atom. The van der Waals surface area contributed by atoms with Crippen molar-refractivity contribution in [1.29, 1.82) is 0 Å². The molecule has 7 heteroatoms. The van der Waals surface area contributed by atoms with Gasteiger partial charge in [-0.05, 0) is 99.0 Å². The van der Waals surface area contributed by atoms with Gasteiger partial charge in [0.25, 0.3) is 0 Å². The van der Waals surface area contributed by atoms with Crippen molar-refractivity contribution in [3.05, 3.63) is 89.5 Å². The summed E-state index contributed by atoms with van der Waals surface area (Å²) in [6, 6.07) is 23.9. The minimum Gasteiger partial charge on any atom is -0.494 e. The van der Waals surface area contributed by atoms with Gasteiger partial charge in [-0.25, -0.2) is 4.79 Å². The Kier molecular flexibility index (Phi) is 18.7. The summed E-state index contributed by atoms with van der Waals surface area (Å²) in [7, 11) is -3.10. The second-order valence-electron chi connectivity index (χ2n) is 18.0. The van der Waals surface area contributed by atoms with E-state index in [4.69, 9.17) is 14.2 Å². The smallest absolute Gasteiger partial charge is 0.343 e. The van der Waals surface area contributed by atoms with Crippen molar-refractivity contribution in [1.82, 2.24) is 0 Å². The quantitative estimate of drug-likeness (QED) is 0.0317. The molecule has 3 aromatic carbocycles. The molecule has 3 aromatic rings. The van der Waals surface area contributed by atoms with Crippen molar-refractivity contribution in [2.24, 2.45) is 0 Å². The molecule has 0 saturated carbocycles. The first-order chi connectivity index (χ1) is 25.1. The molecule has 1 atom stereocenters. The average Bonchev–Trinajstić information content (AvgIpc) is 3.08. The molecular weight excluding hydrogens is 701 g/mol. The van der Waals surface area contributed by atoms with E-state index in [2.05, 4.69) is 71.5 Å². The van der Waals surface area contributed by atoms with Crippen LogP contribution in [-0.2, 0) is 0 Å². The number of ether oxygens (including phenoxy) is 3. The zero-order chi connectivity index (χ0) is 38.7. The minimum absolute atomic E-state index is 0.208. The molecule has 53 heavy (non-hydrogen) atoms. The summed E-state index contributed by atoms with van der Waals surface area (Å²) in [6.45, 7) is 23.3. The van der Waals surface area contributed by atoms with E-state index >= 15 is 0 Å². The molecule has 0 bridgehead atoms. The van der Waals surface area contributed by atoms with E-state index in [-0.39, 0.29) is 6.10 Å². The van der Waals surface area contributed by atoms with Gasteiger partial charge in [0, 0.05) is 35.3 Å². The standard InChI is InChI=1S/C46H70O4Si3/c1-10-11-12-17-20-39(2)49-44-29-25-41(26-30-44)22-21-40-23-27-42(28-24-40)46(47)50-45-33-31-43(32-34-45)48-35-18-15-13-14-16-19-36-52(6,7)38-53(8,9)37-51(3,4)5/h23-34,39H,10-20,35-38H2,1-9H3/t39-/m0/s1. The van der Waals surface area contributed by atoms with Gasteiger partial charge in [-0.15, -0.1) is 0 Å². The van der Waals surface area contributed by atoms with Crippen molar-refractivity contribution in [3.8, 4) is 29.1 Å². The molecule has 0 fully saturated rings. The van der Waals surface area contributed by atoms with Crippen LogP contribution in [0.15, 0.2) is 72.8 Å². The Hall–Kier alpha value is -3.06. The first-order valence-electron chi connectivity index (χ1n) is 20.5. The van der Waals surface area contributed by atoms with Crippen LogP contribution < -0.4 is 14.2 Å². The zero-order valence-corrected chi connectivity index (χ0v) is 37.7. The Morgan fingerprint density at radius 1 is 0.604 bits per heavy atom. The molecule has 4 nitrogen and oxygen atoms in total. The number of hydrogen-bond acceptors (Lipinski definition) is 4. The fourth-order valence-electron chi connectivity index (χ4n) is 7.86. The molecule has 0 amide bonds. The zero-order valence-electron chi connectivity index (χ0n) is 34.7. The van der Waals surface area contributed by atoms with Crippen LogP contribution in [0.25, 0.3) is 0 Å². The van der Waals surface area contributed by atoms with Crippen LogP contribution in [0.2, 0.25) is 63.2 Å². The highest BCUT2D eigenvalue weighted by Gasteiger charge is 2.34. The number of unbranched alkanes of at least 4 members (excludes halogenated alkanes) is 8. The number of benzene rings is 3. The Bertz CT molecular complexity index is 1550. The van der Waals surface area contributed by atoms with Crippen molar-refractivity contribution >= 4 is 30.2 Å². The van der Waals surface area contributed by atoms with Crippen LogP contribution in [0.1, 0.15) is 106 Å². The second-order valence-corrected chi connectivity index (χ2v) is 35.1. The lowest BCUT2D eigenvalue weighted by atomic mass is 10.1. The minimum atomic E-state index is -1.08. The van der Waals surface area contributed by atoms with Gasteiger partial charge in [0.2, 0.25) is 0 Å². The van der Waals surface area contributed by atoms with Crippen LogP contribution in [-0.4, -0.2) is 42.9 Å². The largest absolute Gasteiger partial charge is 0.494 e. The van der Waals surface area contributed by atoms with Crippen molar-refractivity contribution in [2.45, 2.75) is 154 Å². The van der Waals surface area contributed by atoms with E-state index in [0.717, 1.165) is 35.5 Å². The number of carbonyl (C=O) groups excluding carboxylic acids is 1. The summed E-state index contributed by atoms with van der Waals surface area (Å²) in [4.78, 5) is 12.8. The molecule has 290 valence electrons. The summed E-state index contributed by atoms with van der Waals surface area (Å²) < 4.78 is 17.6. The van der Waals surface area contributed by atoms with Crippen LogP contribution >= 0.6 is 0 Å². The lowest BCUT2D eigenvalue weighted by Crippen LogP contribution is -2.44. The first-order valence-corrected chi connectivity index (χ1v) is 31.0. The first kappa shape index (κ1) is 44.3. The highest BCUT2D eigenvalue weighted by molar-refractivity contribution is 7.02. The number of rotatable bonds is 23. The SMILES string of the molecule is CCCCCC[C@H](C)Oc1ccc(C#Cc2ccc(C(=O)Oc3ccc(OCCCCCCCC[Si](C)(C)C[Si](C)(C)C[Si](C)(C)C)cc3)cc2)cc1. The lowest BCUT2D eigenvalue weighted by Gasteiger charge is -2.36. The van der Waals surface area contributed by atoms with E-state index in [1.165, 1.54) is 63.8 Å². The van der Waals surface area contributed by atoms with Crippen molar-refractivity contribution < 1.29 is 19.0 Å². The molecule has 3 rings (SSSR count). The molecule has 0 heterocycles. The molecule has 0 radical (unpaired) electrons. The third-order valence-electron chi connectivity index (χ3n) is 9.64. The van der Waals surface area contributed by atoms with Gasteiger partial charge in [0.05, 0.1) is 18.3 Å². The van der Waals surface area contributed by atoms with Crippen LogP contribution in [0.4, 0.5) is 0 Å². The van der Waals surface area contributed by atoms with Crippen LogP contribution in [0.3, 0.4) is 0 Å². The van der Waals surface area contributed by atoms with E-state index in [9.17, 15) is 4.79 Å². The van der Waals surface area contributed by atoms with E-state index < -0.39 is 30.2 Å². The fraction of sp³-hybridized carbons (Fsp3) is 0.543. The average molecular weight is 771 g/mol. The van der Waals surface area contributed by atoms with Crippen molar-refractivity contribution in [3.63, 3.8) is 0 Å². The number of esters is 1. The molecule has 0 spiro atoms. The van der Waals surface area contributed by atoms with Gasteiger partial charge in [0.1, 0.15) is 17.2 Å². The van der Waals surface area contributed by atoms with E-state index in [1.807, 2.05) is 48.5 Å². The van der Waals surface area contributed by atoms with Crippen molar-refractivity contribution in [2.75, 3.05) is 6.61 Å². The van der Waals surface area contributed by atoms with Gasteiger partial charge in [0.15, 0.2) is 0 Å². The fourth-order valence-corrected chi connectivity index (χ4v) is 33.2. The highest BCUT2D eigenvalue weighted by atomic mass is 28.4. The third kappa shape index (κ3) is 19.2. The number of hydrogen-bond donors (Lipinski definition) is 0. The van der Waals surface area contributed by atoms with Gasteiger partial charge in [-0.3, -0.25) is 0 Å². The molecule has 0 aliphatic rings. The topological polar surface area (TPSA) is 44.8 Å². The maximum atomic E-state index is 12.8. The van der Waals surface area contributed by atoms with Crippen LogP contribution in [0.5, 0.6) is 17.2 Å². The molecule has 0 saturated heterocycles. The van der Waals surface area contributed by atoms with E-state index in [0.29, 0.717) is 17.9 Å². The molecule has 0 aliphatic carbocycles. The predicted molar refractivity (Wildman–Crippen MR) is 235 cm³/mol. The Morgan fingerprint density at radius 3 is 1.74 bits per heavy atom. The van der Waals surface area contributed by atoms with Gasteiger partial charge < -0.3 is 14.2 Å². The number of carbonyl (C=O) groups is 1. The van der Waals surface area contributed by atoms with Gasteiger partial charge >= 0.3 is 5.97 Å². The monoisotopic (exact) mass is 770 g/mol. The highest BCUT2D eigenvalue weighted by Crippen LogP contribution is 2.31. The second kappa shape index (κ2) is 22.4. The van der Waals surface area contributed by atoms with Gasteiger partial charge in [-0.1, -0.05) is 133 Å². The van der Waals surface area contributed by atoms with E-state index in [1.54, 1.807) is 35.6 Å². The summed E-state index contributed by atoms with van der Waals surface area (Å²) >= 11 is 0. The van der Waals surface area contributed by atoms with Gasteiger partial charge in [-0.2, -0.15) is 0 Å². The van der Waals surface area contributed by atoms with Crippen LogP contribution in [0, 0.1) is 11.8 Å². The lowest BCUT2D eigenvalue weighted by molar-refractivity contribution is 0.0734.